The molecule has 0 aliphatic carbocycles. The van der Waals surface area contributed by atoms with Gasteiger partial charge in [-0.2, -0.15) is 13.2 Å². The lowest BCUT2D eigenvalue weighted by Gasteiger charge is -2.33. The second kappa shape index (κ2) is 11.5. The molecule has 1 fully saturated rings. The number of aliphatic hydroxyl groups is 1. The van der Waals surface area contributed by atoms with E-state index in [4.69, 9.17) is 11.6 Å². The molecule has 2 heterocycles. The fourth-order valence-electron chi connectivity index (χ4n) is 4.28. The number of carbonyl (C=O) groups is 2. The molecule has 0 radical (unpaired) electrons. The molecule has 1 aliphatic heterocycles. The van der Waals surface area contributed by atoms with Crippen molar-refractivity contribution in [2.75, 3.05) is 38.6 Å². The molecule has 1 aromatic carbocycles. The second-order valence-electron chi connectivity index (χ2n) is 9.11. The minimum Gasteiger partial charge on any atom is -0.369 e. The van der Waals surface area contributed by atoms with E-state index in [0.29, 0.717) is 23.7 Å². The van der Waals surface area contributed by atoms with E-state index in [0.717, 1.165) is 44.5 Å². The van der Waals surface area contributed by atoms with E-state index in [2.05, 4.69) is 15.2 Å². The van der Waals surface area contributed by atoms with Gasteiger partial charge in [-0.1, -0.05) is 41.9 Å². The first-order chi connectivity index (χ1) is 16.9. The van der Waals surface area contributed by atoms with Crippen LogP contribution in [0.25, 0.3) is 0 Å². The van der Waals surface area contributed by atoms with Gasteiger partial charge in [-0.15, -0.1) is 0 Å². The van der Waals surface area contributed by atoms with Crippen molar-refractivity contribution in [3.63, 3.8) is 0 Å². The average molecular weight is 527 g/mol. The molecule has 1 saturated heterocycles. The van der Waals surface area contributed by atoms with E-state index in [1.165, 1.54) is 23.1 Å². The van der Waals surface area contributed by atoms with Gasteiger partial charge < -0.3 is 20.2 Å². The van der Waals surface area contributed by atoms with Crippen LogP contribution in [0.2, 0.25) is 5.15 Å². The molecular weight excluding hydrogens is 497 g/mol. The van der Waals surface area contributed by atoms with Gasteiger partial charge in [0.1, 0.15) is 11.0 Å². The van der Waals surface area contributed by atoms with Crippen molar-refractivity contribution < 1.29 is 27.9 Å². The summed E-state index contributed by atoms with van der Waals surface area (Å²) in [7, 11) is 3.28. The summed E-state index contributed by atoms with van der Waals surface area (Å²) in [6.45, 7) is 1.48. The Morgan fingerprint density at radius 2 is 1.78 bits per heavy atom. The van der Waals surface area contributed by atoms with Crippen molar-refractivity contribution in [2.24, 2.45) is 5.92 Å². The van der Waals surface area contributed by atoms with Gasteiger partial charge in [0.15, 0.2) is 0 Å². The molecule has 0 bridgehead atoms. The summed E-state index contributed by atoms with van der Waals surface area (Å²) in [6, 6.07) is 9.79. The standard InChI is InChI=1S/C25H30ClF3N4O3/c1-32(2)22(34)19-10-11-20(31-21(19)26)33-15-12-17(13-16-33)7-6-14-30-23(35)24(36,25(27,28)29)18-8-4-3-5-9-18/h3-5,8-11,17,36H,6-7,12-16H2,1-2H3,(H,30,35)/t24-/m1/s1. The van der Waals surface area contributed by atoms with Crippen LogP contribution >= 0.6 is 11.6 Å². The molecule has 7 nitrogen and oxygen atoms in total. The first kappa shape index (κ1) is 27.7. The quantitative estimate of drug-likeness (QED) is 0.401. The van der Waals surface area contributed by atoms with Crippen LogP contribution in [-0.2, 0) is 10.4 Å². The van der Waals surface area contributed by atoms with Crippen molar-refractivity contribution >= 4 is 29.2 Å². The molecule has 36 heavy (non-hydrogen) atoms. The van der Waals surface area contributed by atoms with Crippen LogP contribution < -0.4 is 10.2 Å². The van der Waals surface area contributed by atoms with Crippen molar-refractivity contribution in [3.05, 3.63) is 58.7 Å². The zero-order chi connectivity index (χ0) is 26.5. The number of anilines is 1. The number of rotatable bonds is 8. The van der Waals surface area contributed by atoms with Gasteiger partial charge in [-0.3, -0.25) is 9.59 Å². The summed E-state index contributed by atoms with van der Waals surface area (Å²) in [5.41, 5.74) is -3.78. The number of amides is 2. The molecule has 1 atom stereocenters. The molecule has 11 heteroatoms. The number of hydrogen-bond donors (Lipinski definition) is 2. The molecular formula is C25H30ClF3N4O3. The normalized spacial score (nSPS) is 16.4. The van der Waals surface area contributed by atoms with Crippen LogP contribution in [-0.4, -0.2) is 66.7 Å². The minimum atomic E-state index is -5.15. The number of piperidine rings is 1. The molecule has 2 N–H and O–H groups in total. The average Bonchev–Trinajstić information content (AvgIpc) is 2.85. The Morgan fingerprint density at radius 1 is 1.14 bits per heavy atom. The van der Waals surface area contributed by atoms with Crippen LogP contribution in [0.15, 0.2) is 42.5 Å². The number of benzene rings is 1. The van der Waals surface area contributed by atoms with Crippen LogP contribution in [0.5, 0.6) is 0 Å². The molecule has 3 rings (SSSR count). The first-order valence-corrected chi connectivity index (χ1v) is 12.1. The molecule has 0 unspecified atom stereocenters. The fraction of sp³-hybridized carbons (Fsp3) is 0.480. The lowest BCUT2D eigenvalue weighted by Crippen LogP contribution is -2.54. The third kappa shape index (κ3) is 6.10. The summed E-state index contributed by atoms with van der Waals surface area (Å²) in [5.74, 6) is -0.662. The highest BCUT2D eigenvalue weighted by Gasteiger charge is 2.60. The van der Waals surface area contributed by atoms with Crippen LogP contribution in [0, 0.1) is 5.92 Å². The molecule has 196 valence electrons. The maximum absolute atomic E-state index is 13.6. The maximum atomic E-state index is 13.6. The SMILES string of the molecule is CN(C)C(=O)c1ccc(N2CCC(CCCNC(=O)[C@](O)(c3ccccc3)C(F)(F)F)CC2)nc1Cl. The molecule has 0 spiro atoms. The zero-order valence-electron chi connectivity index (χ0n) is 20.2. The monoisotopic (exact) mass is 526 g/mol. The number of halogens is 4. The van der Waals surface area contributed by atoms with E-state index in [1.54, 1.807) is 26.2 Å². The van der Waals surface area contributed by atoms with E-state index < -0.39 is 23.2 Å². The van der Waals surface area contributed by atoms with Crippen molar-refractivity contribution in [2.45, 2.75) is 37.5 Å². The predicted octanol–water partition coefficient (Wildman–Crippen LogP) is 4.00. The highest BCUT2D eigenvalue weighted by atomic mass is 35.5. The number of aromatic nitrogens is 1. The summed E-state index contributed by atoms with van der Waals surface area (Å²) in [4.78, 5) is 32.4. The van der Waals surface area contributed by atoms with Crippen LogP contribution in [0.1, 0.15) is 41.6 Å². The molecule has 0 saturated carbocycles. The molecule has 2 amide bonds. The van der Waals surface area contributed by atoms with Gasteiger partial charge in [0.05, 0.1) is 5.56 Å². The van der Waals surface area contributed by atoms with E-state index in [1.807, 2.05) is 0 Å². The number of nitrogens with one attached hydrogen (secondary N) is 1. The molecule has 2 aromatic rings. The van der Waals surface area contributed by atoms with Crippen molar-refractivity contribution in [3.8, 4) is 0 Å². The Hall–Kier alpha value is -2.85. The Kier molecular flexibility index (Phi) is 8.84. The number of alkyl halides is 3. The van der Waals surface area contributed by atoms with Crippen molar-refractivity contribution in [1.29, 1.82) is 0 Å². The summed E-state index contributed by atoms with van der Waals surface area (Å²) in [6.07, 6.45) is -2.23. The third-order valence-electron chi connectivity index (χ3n) is 6.41. The molecule has 1 aliphatic rings. The Labute approximate surface area is 213 Å². The number of nitrogens with zero attached hydrogens (tertiary/aromatic N) is 3. The van der Waals surface area contributed by atoms with Gasteiger partial charge in [-0.25, -0.2) is 4.98 Å². The van der Waals surface area contributed by atoms with Gasteiger partial charge >= 0.3 is 6.18 Å². The van der Waals surface area contributed by atoms with E-state index in [-0.39, 0.29) is 17.6 Å². The lowest BCUT2D eigenvalue weighted by atomic mass is 9.91. The summed E-state index contributed by atoms with van der Waals surface area (Å²) in [5, 5.41) is 12.7. The molecule has 1 aromatic heterocycles. The second-order valence-corrected chi connectivity index (χ2v) is 9.47. The van der Waals surface area contributed by atoms with Crippen molar-refractivity contribution in [1.82, 2.24) is 15.2 Å². The summed E-state index contributed by atoms with van der Waals surface area (Å²) < 4.78 is 40.8. The fourth-order valence-corrected chi connectivity index (χ4v) is 4.51. The van der Waals surface area contributed by atoms with Gasteiger partial charge in [0, 0.05) is 39.3 Å². The van der Waals surface area contributed by atoms with Crippen LogP contribution in [0.3, 0.4) is 0 Å². The van der Waals surface area contributed by atoms with E-state index >= 15 is 0 Å². The first-order valence-electron chi connectivity index (χ1n) is 11.7. The topological polar surface area (TPSA) is 85.8 Å². The van der Waals surface area contributed by atoms with Gasteiger partial charge in [-0.05, 0) is 43.7 Å². The number of pyridine rings is 1. The van der Waals surface area contributed by atoms with Gasteiger partial charge in [0.2, 0.25) is 0 Å². The van der Waals surface area contributed by atoms with Gasteiger partial charge in [0.25, 0.3) is 17.4 Å². The highest BCUT2D eigenvalue weighted by Crippen LogP contribution is 2.39. The van der Waals surface area contributed by atoms with E-state index in [9.17, 15) is 27.9 Å². The summed E-state index contributed by atoms with van der Waals surface area (Å²) >= 11 is 6.22. The highest BCUT2D eigenvalue weighted by molar-refractivity contribution is 6.32. The smallest absolute Gasteiger partial charge is 0.369 e. The Morgan fingerprint density at radius 3 is 2.33 bits per heavy atom. The third-order valence-corrected chi connectivity index (χ3v) is 6.70. The Bertz CT molecular complexity index is 1060. The lowest BCUT2D eigenvalue weighted by molar-refractivity contribution is -0.257. The largest absolute Gasteiger partial charge is 0.430 e. The predicted molar refractivity (Wildman–Crippen MR) is 131 cm³/mol. The minimum absolute atomic E-state index is 0.0306. The Balaban J connectivity index is 1.48. The number of hydrogen-bond acceptors (Lipinski definition) is 5. The zero-order valence-corrected chi connectivity index (χ0v) is 20.9. The maximum Gasteiger partial charge on any atom is 0.430 e. The van der Waals surface area contributed by atoms with Crippen LogP contribution in [0.4, 0.5) is 19.0 Å². The number of carbonyl (C=O) groups excluding carboxylic acids is 2.